The monoisotopic (exact) mass is 337 g/mol. The second-order valence-electron chi connectivity index (χ2n) is 7.76. The number of anilines is 2. The van der Waals surface area contributed by atoms with Crippen LogP contribution in [0.3, 0.4) is 0 Å². The molecule has 0 unspecified atom stereocenters. The van der Waals surface area contributed by atoms with Gasteiger partial charge in [0.25, 0.3) is 0 Å². The molecule has 0 amide bonds. The number of hydrogen-bond donors (Lipinski definition) is 1. The molecule has 2 aromatic carbocycles. The van der Waals surface area contributed by atoms with Crippen molar-refractivity contribution in [2.24, 2.45) is 11.8 Å². The van der Waals surface area contributed by atoms with Gasteiger partial charge in [0.05, 0.1) is 0 Å². The summed E-state index contributed by atoms with van der Waals surface area (Å²) in [6.07, 6.45) is 4.77. The first kappa shape index (κ1) is 18.0. The molecule has 2 heteroatoms. The topological polar surface area (TPSA) is 23.5 Å². The molecule has 0 atom stereocenters. The van der Waals surface area contributed by atoms with E-state index in [2.05, 4.69) is 68.1 Å². The van der Waals surface area contributed by atoms with Crippen molar-refractivity contribution in [1.29, 1.82) is 0 Å². The third-order valence-corrected chi connectivity index (χ3v) is 5.64. The average molecular weight is 338 g/mol. The van der Waals surface area contributed by atoms with Gasteiger partial charge in [0.1, 0.15) is 0 Å². The molecule has 2 aromatic rings. The third-order valence-electron chi connectivity index (χ3n) is 5.64. The molecule has 0 aromatic heterocycles. The van der Waals surface area contributed by atoms with Crippen molar-refractivity contribution in [3.8, 4) is 0 Å². The zero-order chi connectivity index (χ0) is 17.8. The zero-order valence-corrected chi connectivity index (χ0v) is 15.8. The second-order valence-corrected chi connectivity index (χ2v) is 7.76. The molecular formula is C23H31NO. The van der Waals surface area contributed by atoms with Gasteiger partial charge in [0, 0.05) is 24.5 Å². The molecule has 1 aliphatic carbocycles. The number of nitrogens with zero attached hydrogens (tertiary/aromatic N) is 1. The van der Waals surface area contributed by atoms with E-state index in [1.807, 2.05) is 0 Å². The van der Waals surface area contributed by atoms with Crippen LogP contribution < -0.4 is 4.90 Å². The number of rotatable bonds is 5. The maximum atomic E-state index is 9.40. The highest BCUT2D eigenvalue weighted by Gasteiger charge is 2.24. The van der Waals surface area contributed by atoms with Gasteiger partial charge >= 0.3 is 0 Å². The average Bonchev–Trinajstić information content (AvgIpc) is 2.61. The van der Waals surface area contributed by atoms with Gasteiger partial charge in [0.15, 0.2) is 0 Å². The smallest absolute Gasteiger partial charge is 0.0470 e. The van der Waals surface area contributed by atoms with E-state index >= 15 is 0 Å². The Morgan fingerprint density at radius 3 is 2.00 bits per heavy atom. The highest BCUT2D eigenvalue weighted by atomic mass is 16.3. The lowest BCUT2D eigenvalue weighted by Crippen LogP contribution is -2.29. The van der Waals surface area contributed by atoms with Crippen LogP contribution in [-0.4, -0.2) is 18.3 Å². The van der Waals surface area contributed by atoms with Crippen LogP contribution in [0.1, 0.15) is 42.4 Å². The molecule has 3 rings (SSSR count). The standard InChI is InChI=1S/C23H31NO/c1-17-13-18(2)23(19(3)14-17)24(22-7-5-4-6-8-22)15-20-9-11-21(16-25)12-10-20/h4-8,13-14,20-21,25H,9-12,15-16H2,1-3H3. The Bertz CT molecular complexity index is 663. The summed E-state index contributed by atoms with van der Waals surface area (Å²) in [5, 5.41) is 9.40. The van der Waals surface area contributed by atoms with Crippen LogP contribution >= 0.6 is 0 Å². The van der Waals surface area contributed by atoms with Gasteiger partial charge in [0.2, 0.25) is 0 Å². The first-order chi connectivity index (χ1) is 12.1. The molecular weight excluding hydrogens is 306 g/mol. The summed E-state index contributed by atoms with van der Waals surface area (Å²) in [4.78, 5) is 2.52. The van der Waals surface area contributed by atoms with Gasteiger partial charge < -0.3 is 10.0 Å². The molecule has 0 radical (unpaired) electrons. The Hall–Kier alpha value is -1.80. The van der Waals surface area contributed by atoms with Gasteiger partial charge in [-0.2, -0.15) is 0 Å². The fourth-order valence-electron chi connectivity index (χ4n) is 4.39. The molecule has 0 aliphatic heterocycles. The van der Waals surface area contributed by atoms with E-state index in [0.717, 1.165) is 19.4 Å². The van der Waals surface area contributed by atoms with Crippen molar-refractivity contribution in [3.05, 3.63) is 59.2 Å². The van der Waals surface area contributed by atoms with E-state index in [-0.39, 0.29) is 0 Å². The predicted molar refractivity (Wildman–Crippen MR) is 107 cm³/mol. The molecule has 134 valence electrons. The molecule has 2 nitrogen and oxygen atoms in total. The largest absolute Gasteiger partial charge is 0.396 e. The number of aryl methyl sites for hydroxylation is 3. The van der Waals surface area contributed by atoms with Crippen molar-refractivity contribution in [2.45, 2.75) is 46.5 Å². The fourth-order valence-corrected chi connectivity index (χ4v) is 4.39. The van der Waals surface area contributed by atoms with E-state index in [0.29, 0.717) is 18.4 Å². The lowest BCUT2D eigenvalue weighted by atomic mass is 9.82. The quantitative estimate of drug-likeness (QED) is 0.773. The van der Waals surface area contributed by atoms with Crippen LogP contribution in [-0.2, 0) is 0 Å². The fraction of sp³-hybridized carbons (Fsp3) is 0.478. The van der Waals surface area contributed by atoms with Crippen molar-refractivity contribution < 1.29 is 5.11 Å². The van der Waals surface area contributed by atoms with Gasteiger partial charge in [-0.3, -0.25) is 0 Å². The Labute approximate surface area is 152 Å². The van der Waals surface area contributed by atoms with Crippen molar-refractivity contribution in [1.82, 2.24) is 0 Å². The summed E-state index contributed by atoms with van der Waals surface area (Å²) in [6.45, 7) is 8.05. The van der Waals surface area contributed by atoms with Gasteiger partial charge in [-0.05, 0) is 81.5 Å². The van der Waals surface area contributed by atoms with Crippen molar-refractivity contribution in [2.75, 3.05) is 18.1 Å². The Balaban J connectivity index is 1.90. The lowest BCUT2D eigenvalue weighted by Gasteiger charge is -2.35. The predicted octanol–water partition coefficient (Wildman–Crippen LogP) is 5.55. The number of para-hydroxylation sites is 1. The molecule has 0 spiro atoms. The molecule has 1 aliphatic rings. The minimum absolute atomic E-state index is 0.352. The second kappa shape index (κ2) is 8.05. The summed E-state index contributed by atoms with van der Waals surface area (Å²) in [6, 6.07) is 15.4. The maximum Gasteiger partial charge on any atom is 0.0470 e. The van der Waals surface area contributed by atoms with Crippen LogP contribution in [0.5, 0.6) is 0 Å². The number of benzene rings is 2. The first-order valence-corrected chi connectivity index (χ1v) is 9.59. The Kier molecular flexibility index (Phi) is 5.80. The third kappa shape index (κ3) is 4.24. The molecule has 0 heterocycles. The number of aliphatic hydroxyl groups excluding tert-OH is 1. The summed E-state index contributed by atoms with van der Waals surface area (Å²) in [5.41, 5.74) is 6.67. The van der Waals surface area contributed by atoms with E-state index in [1.165, 1.54) is 40.9 Å². The highest BCUT2D eigenvalue weighted by molar-refractivity contribution is 5.70. The molecule has 0 bridgehead atoms. The molecule has 1 N–H and O–H groups in total. The van der Waals surface area contributed by atoms with Crippen molar-refractivity contribution in [3.63, 3.8) is 0 Å². The minimum Gasteiger partial charge on any atom is -0.396 e. The van der Waals surface area contributed by atoms with Crippen LogP contribution in [0, 0.1) is 32.6 Å². The van der Waals surface area contributed by atoms with E-state index in [9.17, 15) is 5.11 Å². The normalized spacial score (nSPS) is 20.5. The highest BCUT2D eigenvalue weighted by Crippen LogP contribution is 2.36. The maximum absolute atomic E-state index is 9.40. The lowest BCUT2D eigenvalue weighted by molar-refractivity contribution is 0.169. The van der Waals surface area contributed by atoms with Crippen LogP contribution in [0.25, 0.3) is 0 Å². The number of aliphatic hydroxyl groups is 1. The Morgan fingerprint density at radius 2 is 1.44 bits per heavy atom. The summed E-state index contributed by atoms with van der Waals surface area (Å²) in [5.74, 6) is 1.22. The summed E-state index contributed by atoms with van der Waals surface area (Å²) < 4.78 is 0. The number of hydrogen-bond acceptors (Lipinski definition) is 2. The Morgan fingerprint density at radius 1 is 0.880 bits per heavy atom. The molecule has 25 heavy (non-hydrogen) atoms. The van der Waals surface area contributed by atoms with Crippen molar-refractivity contribution >= 4 is 11.4 Å². The van der Waals surface area contributed by atoms with Gasteiger partial charge in [-0.25, -0.2) is 0 Å². The van der Waals surface area contributed by atoms with E-state index in [1.54, 1.807) is 0 Å². The zero-order valence-electron chi connectivity index (χ0n) is 15.8. The molecule has 1 fully saturated rings. The summed E-state index contributed by atoms with van der Waals surface area (Å²) in [7, 11) is 0. The van der Waals surface area contributed by atoms with Crippen LogP contribution in [0.4, 0.5) is 11.4 Å². The van der Waals surface area contributed by atoms with E-state index in [4.69, 9.17) is 0 Å². The van der Waals surface area contributed by atoms with E-state index < -0.39 is 0 Å². The minimum atomic E-state index is 0.352. The summed E-state index contributed by atoms with van der Waals surface area (Å²) >= 11 is 0. The van der Waals surface area contributed by atoms with Crippen LogP contribution in [0.2, 0.25) is 0 Å². The molecule has 0 saturated heterocycles. The first-order valence-electron chi connectivity index (χ1n) is 9.59. The SMILES string of the molecule is Cc1cc(C)c(N(CC2CCC(CO)CC2)c2ccccc2)c(C)c1. The molecule has 1 saturated carbocycles. The van der Waals surface area contributed by atoms with Crippen LogP contribution in [0.15, 0.2) is 42.5 Å². The van der Waals surface area contributed by atoms with Gasteiger partial charge in [-0.15, -0.1) is 0 Å². The van der Waals surface area contributed by atoms with Gasteiger partial charge in [-0.1, -0.05) is 35.9 Å².